The van der Waals surface area contributed by atoms with Crippen LogP contribution >= 0.6 is 0 Å². The van der Waals surface area contributed by atoms with Gasteiger partial charge in [-0.25, -0.2) is 4.79 Å². The Labute approximate surface area is 131 Å². The van der Waals surface area contributed by atoms with Gasteiger partial charge in [-0.15, -0.1) is 0 Å². The van der Waals surface area contributed by atoms with Crippen molar-refractivity contribution in [2.24, 2.45) is 11.8 Å². The van der Waals surface area contributed by atoms with Crippen molar-refractivity contribution in [3.05, 3.63) is 0 Å². The molecule has 0 bridgehead atoms. The van der Waals surface area contributed by atoms with Crippen molar-refractivity contribution in [1.82, 2.24) is 20.9 Å². The number of rotatable bonds is 3. The molecule has 2 fully saturated rings. The largest absolute Gasteiger partial charge is 0.354 e. The van der Waals surface area contributed by atoms with Gasteiger partial charge in [0.15, 0.2) is 0 Å². The van der Waals surface area contributed by atoms with Crippen LogP contribution in [0.3, 0.4) is 0 Å². The second-order valence-corrected chi connectivity index (χ2v) is 6.46. The molecule has 4 amide bonds. The fraction of sp³-hybridized carbons (Fsp3) is 0.800. The van der Waals surface area contributed by atoms with Gasteiger partial charge in [-0.3, -0.25) is 19.8 Å². The first-order valence-electron chi connectivity index (χ1n) is 8.05. The third kappa shape index (κ3) is 4.69. The Morgan fingerprint density at radius 1 is 1.32 bits per heavy atom. The highest BCUT2D eigenvalue weighted by Gasteiger charge is 2.28. The number of piperazine rings is 1. The zero-order valence-electron chi connectivity index (χ0n) is 13.4. The zero-order chi connectivity index (χ0) is 16.1. The summed E-state index contributed by atoms with van der Waals surface area (Å²) in [6.07, 6.45) is 3.25. The highest BCUT2D eigenvalue weighted by molar-refractivity contribution is 5.95. The normalized spacial score (nSPS) is 29.5. The van der Waals surface area contributed by atoms with Crippen LogP contribution in [-0.4, -0.2) is 55.0 Å². The van der Waals surface area contributed by atoms with E-state index in [9.17, 15) is 14.4 Å². The summed E-state index contributed by atoms with van der Waals surface area (Å²) in [5, 5.41) is 7.97. The van der Waals surface area contributed by atoms with Crippen molar-refractivity contribution in [3.63, 3.8) is 0 Å². The predicted octanol–water partition coefficient (Wildman–Crippen LogP) is 0.0687. The molecular weight excluding hydrogens is 284 g/mol. The molecule has 3 unspecified atom stereocenters. The number of nitrogens with zero attached hydrogens (tertiary/aromatic N) is 1. The van der Waals surface area contributed by atoms with Crippen molar-refractivity contribution in [2.75, 3.05) is 26.2 Å². The smallest absolute Gasteiger partial charge is 0.321 e. The molecule has 124 valence electrons. The van der Waals surface area contributed by atoms with E-state index in [4.69, 9.17) is 0 Å². The molecule has 1 saturated heterocycles. The van der Waals surface area contributed by atoms with Gasteiger partial charge in [0.25, 0.3) is 0 Å². The highest BCUT2D eigenvalue weighted by Crippen LogP contribution is 2.29. The van der Waals surface area contributed by atoms with Crippen molar-refractivity contribution in [2.45, 2.75) is 39.2 Å². The molecule has 7 heteroatoms. The third-order valence-electron chi connectivity index (χ3n) is 4.76. The zero-order valence-corrected chi connectivity index (χ0v) is 13.4. The average molecular weight is 310 g/mol. The molecule has 3 atom stereocenters. The maximum atomic E-state index is 11.9. The summed E-state index contributed by atoms with van der Waals surface area (Å²) in [7, 11) is 0. The van der Waals surface area contributed by atoms with Crippen LogP contribution in [0.2, 0.25) is 0 Å². The van der Waals surface area contributed by atoms with E-state index in [-0.39, 0.29) is 30.9 Å². The van der Waals surface area contributed by atoms with Crippen LogP contribution in [0.15, 0.2) is 0 Å². The number of hydrogen-bond acceptors (Lipinski definition) is 4. The van der Waals surface area contributed by atoms with E-state index >= 15 is 0 Å². The summed E-state index contributed by atoms with van der Waals surface area (Å²) in [6, 6.07) is -0.310. The molecule has 1 heterocycles. The van der Waals surface area contributed by atoms with Crippen molar-refractivity contribution in [1.29, 1.82) is 0 Å². The fourth-order valence-electron chi connectivity index (χ4n) is 3.19. The Morgan fingerprint density at radius 2 is 2.09 bits per heavy atom. The Hall–Kier alpha value is -1.63. The number of amides is 4. The van der Waals surface area contributed by atoms with Gasteiger partial charge in [0.1, 0.15) is 0 Å². The monoisotopic (exact) mass is 310 g/mol. The molecule has 7 nitrogen and oxygen atoms in total. The molecule has 0 aromatic carbocycles. The van der Waals surface area contributed by atoms with Crippen LogP contribution in [0.4, 0.5) is 4.79 Å². The van der Waals surface area contributed by atoms with Gasteiger partial charge in [-0.1, -0.05) is 26.7 Å². The number of hydrogen-bond donors (Lipinski definition) is 3. The summed E-state index contributed by atoms with van der Waals surface area (Å²) in [5.74, 6) is 0.541. The topological polar surface area (TPSA) is 90.5 Å². The molecule has 1 aliphatic heterocycles. The van der Waals surface area contributed by atoms with Crippen molar-refractivity contribution in [3.8, 4) is 0 Å². The van der Waals surface area contributed by atoms with Crippen LogP contribution in [0.25, 0.3) is 0 Å². The SMILES string of the molecule is CC1CCCC(NC(=O)NC(=O)CN2CCNC(=O)C2)C1C. The van der Waals surface area contributed by atoms with Crippen LogP contribution < -0.4 is 16.0 Å². The van der Waals surface area contributed by atoms with E-state index in [1.807, 2.05) is 0 Å². The lowest BCUT2D eigenvalue weighted by molar-refractivity contribution is -0.126. The second kappa shape index (κ2) is 7.58. The molecule has 2 rings (SSSR count). The molecule has 0 aromatic heterocycles. The first-order valence-corrected chi connectivity index (χ1v) is 8.05. The lowest BCUT2D eigenvalue weighted by Crippen LogP contribution is -2.53. The highest BCUT2D eigenvalue weighted by atomic mass is 16.2. The van der Waals surface area contributed by atoms with Crippen LogP contribution in [0.1, 0.15) is 33.1 Å². The van der Waals surface area contributed by atoms with Crippen molar-refractivity contribution >= 4 is 17.8 Å². The van der Waals surface area contributed by atoms with E-state index in [1.54, 1.807) is 4.90 Å². The molecule has 0 aromatic rings. The standard InChI is InChI=1S/C15H26N4O3/c1-10-4-3-5-12(11(10)2)17-15(22)18-14(21)9-19-7-6-16-13(20)8-19/h10-12H,3-9H2,1-2H3,(H,16,20)(H2,17,18,21,22). The second-order valence-electron chi connectivity index (χ2n) is 6.46. The summed E-state index contributed by atoms with van der Waals surface area (Å²) >= 11 is 0. The van der Waals surface area contributed by atoms with E-state index < -0.39 is 6.03 Å². The minimum atomic E-state index is -0.433. The van der Waals surface area contributed by atoms with Crippen LogP contribution in [0, 0.1) is 11.8 Å². The van der Waals surface area contributed by atoms with Gasteiger partial charge in [0.05, 0.1) is 13.1 Å². The number of imide groups is 1. The Bertz CT molecular complexity index is 441. The molecule has 0 radical (unpaired) electrons. The molecular formula is C15H26N4O3. The quantitative estimate of drug-likeness (QED) is 0.688. The molecule has 0 spiro atoms. The number of carbonyl (C=O) groups excluding carboxylic acids is 3. The maximum absolute atomic E-state index is 11.9. The number of nitrogens with one attached hydrogen (secondary N) is 3. The van der Waals surface area contributed by atoms with E-state index in [2.05, 4.69) is 29.8 Å². The molecule has 22 heavy (non-hydrogen) atoms. The van der Waals surface area contributed by atoms with Gasteiger partial charge in [0.2, 0.25) is 11.8 Å². The Morgan fingerprint density at radius 3 is 2.82 bits per heavy atom. The minimum Gasteiger partial charge on any atom is -0.354 e. The summed E-state index contributed by atoms with van der Waals surface area (Å²) < 4.78 is 0. The summed E-state index contributed by atoms with van der Waals surface area (Å²) in [4.78, 5) is 36.8. The lowest BCUT2D eigenvalue weighted by Gasteiger charge is -2.34. The van der Waals surface area contributed by atoms with Gasteiger partial charge in [-0.05, 0) is 18.3 Å². The van der Waals surface area contributed by atoms with Gasteiger partial charge in [0, 0.05) is 19.1 Å². The minimum absolute atomic E-state index is 0.0669. The third-order valence-corrected chi connectivity index (χ3v) is 4.76. The molecule has 1 aliphatic carbocycles. The maximum Gasteiger partial charge on any atom is 0.321 e. The van der Waals surface area contributed by atoms with Crippen molar-refractivity contribution < 1.29 is 14.4 Å². The first kappa shape index (κ1) is 16.7. The Balaban J connectivity index is 1.74. The van der Waals surface area contributed by atoms with Gasteiger partial charge in [-0.2, -0.15) is 0 Å². The van der Waals surface area contributed by atoms with E-state index in [1.165, 1.54) is 6.42 Å². The van der Waals surface area contributed by atoms with Gasteiger partial charge < -0.3 is 10.6 Å². The number of urea groups is 1. The summed E-state index contributed by atoms with van der Waals surface area (Å²) in [5.41, 5.74) is 0. The van der Waals surface area contributed by atoms with Crippen LogP contribution in [-0.2, 0) is 9.59 Å². The van der Waals surface area contributed by atoms with E-state index in [0.717, 1.165) is 12.8 Å². The average Bonchev–Trinajstić information content (AvgIpc) is 2.43. The Kier molecular flexibility index (Phi) is 5.76. The fourth-order valence-corrected chi connectivity index (χ4v) is 3.19. The molecule has 1 saturated carbocycles. The predicted molar refractivity (Wildman–Crippen MR) is 82.1 cm³/mol. The van der Waals surface area contributed by atoms with E-state index in [0.29, 0.717) is 24.9 Å². The summed E-state index contributed by atoms with van der Waals surface area (Å²) in [6.45, 7) is 5.77. The molecule has 3 N–H and O–H groups in total. The van der Waals surface area contributed by atoms with Gasteiger partial charge >= 0.3 is 6.03 Å². The molecule has 2 aliphatic rings. The van der Waals surface area contributed by atoms with Crippen LogP contribution in [0.5, 0.6) is 0 Å². The first-order chi connectivity index (χ1) is 10.5. The number of carbonyl (C=O) groups is 3. The lowest BCUT2D eigenvalue weighted by atomic mass is 9.78.